The number of rotatable bonds is 7. The Labute approximate surface area is 155 Å². The summed E-state index contributed by atoms with van der Waals surface area (Å²) in [6, 6.07) is 15.7. The summed E-state index contributed by atoms with van der Waals surface area (Å²) in [5.74, 6) is 0.132. The quantitative estimate of drug-likeness (QED) is 0.827. The number of amides is 1. The van der Waals surface area contributed by atoms with E-state index in [9.17, 15) is 9.90 Å². The molecule has 2 aromatic rings. The standard InChI is InChI=1S/C22H28N2O2/c1-2-20(17-25)24(16-19-12-6-9-15-23-19)21(26)22(13-7-8-14-22)18-10-4-3-5-11-18/h3-6,9-12,15,20,25H,2,7-8,13-14,16-17H2,1H3. The number of nitrogens with zero attached hydrogens (tertiary/aromatic N) is 2. The molecular formula is C22H28N2O2. The lowest BCUT2D eigenvalue weighted by molar-refractivity contribution is -0.141. The molecule has 0 spiro atoms. The van der Waals surface area contributed by atoms with Crippen LogP contribution in [0.4, 0.5) is 0 Å². The van der Waals surface area contributed by atoms with Gasteiger partial charge in [0.2, 0.25) is 5.91 Å². The second-order valence-corrected chi connectivity index (χ2v) is 7.15. The summed E-state index contributed by atoms with van der Waals surface area (Å²) in [4.78, 5) is 20.1. The zero-order chi connectivity index (χ0) is 18.4. The molecule has 1 aliphatic carbocycles. The number of aliphatic hydroxyl groups excluding tert-OH is 1. The average Bonchev–Trinajstić information content (AvgIpc) is 3.20. The Kier molecular flexibility index (Phi) is 6.04. The lowest BCUT2D eigenvalue weighted by Gasteiger charge is -2.38. The molecular weight excluding hydrogens is 324 g/mol. The molecule has 0 radical (unpaired) electrons. The van der Waals surface area contributed by atoms with E-state index in [1.807, 2.05) is 48.2 Å². The Balaban J connectivity index is 1.97. The van der Waals surface area contributed by atoms with Crippen LogP contribution in [-0.2, 0) is 16.8 Å². The number of hydrogen-bond donors (Lipinski definition) is 1. The van der Waals surface area contributed by atoms with Crippen LogP contribution in [0.1, 0.15) is 50.3 Å². The Morgan fingerprint density at radius 2 is 1.85 bits per heavy atom. The van der Waals surface area contributed by atoms with Crippen LogP contribution in [0.25, 0.3) is 0 Å². The first-order valence-corrected chi connectivity index (χ1v) is 9.58. The number of hydrogen-bond acceptors (Lipinski definition) is 3. The first kappa shape index (κ1) is 18.6. The van der Waals surface area contributed by atoms with Gasteiger partial charge in [-0.1, -0.05) is 56.2 Å². The van der Waals surface area contributed by atoms with Gasteiger partial charge in [-0.3, -0.25) is 9.78 Å². The van der Waals surface area contributed by atoms with E-state index in [0.717, 1.165) is 43.4 Å². The van der Waals surface area contributed by atoms with E-state index in [0.29, 0.717) is 6.54 Å². The minimum Gasteiger partial charge on any atom is -0.394 e. The van der Waals surface area contributed by atoms with E-state index < -0.39 is 5.41 Å². The largest absolute Gasteiger partial charge is 0.394 e. The molecule has 26 heavy (non-hydrogen) atoms. The SMILES string of the molecule is CCC(CO)N(Cc1ccccn1)C(=O)C1(c2ccccc2)CCCC1. The summed E-state index contributed by atoms with van der Waals surface area (Å²) in [5, 5.41) is 9.91. The molecule has 1 saturated carbocycles. The molecule has 0 aliphatic heterocycles. The summed E-state index contributed by atoms with van der Waals surface area (Å²) >= 11 is 0. The van der Waals surface area contributed by atoms with Crippen LogP contribution in [0.15, 0.2) is 54.7 Å². The van der Waals surface area contributed by atoms with Crippen LogP contribution in [0.3, 0.4) is 0 Å². The first-order valence-electron chi connectivity index (χ1n) is 9.58. The number of carbonyl (C=O) groups excluding carboxylic acids is 1. The fourth-order valence-corrected chi connectivity index (χ4v) is 4.12. The molecule has 1 aromatic heterocycles. The molecule has 3 rings (SSSR count). The normalized spacial score (nSPS) is 17.0. The van der Waals surface area contributed by atoms with Crippen molar-refractivity contribution in [3.8, 4) is 0 Å². The van der Waals surface area contributed by atoms with Gasteiger partial charge in [0.25, 0.3) is 0 Å². The molecule has 1 amide bonds. The Hall–Kier alpha value is -2.20. The molecule has 0 bridgehead atoms. The predicted octanol–water partition coefficient (Wildman–Crippen LogP) is 3.69. The van der Waals surface area contributed by atoms with E-state index in [1.165, 1.54) is 0 Å². The fraction of sp³-hybridized carbons (Fsp3) is 0.455. The minimum atomic E-state index is -0.474. The van der Waals surface area contributed by atoms with Crippen LogP contribution in [0.5, 0.6) is 0 Å². The van der Waals surface area contributed by atoms with Gasteiger partial charge in [0.05, 0.1) is 30.3 Å². The van der Waals surface area contributed by atoms with Crippen molar-refractivity contribution in [2.45, 2.75) is 57.0 Å². The van der Waals surface area contributed by atoms with Crippen LogP contribution in [0.2, 0.25) is 0 Å². The molecule has 0 saturated heterocycles. The van der Waals surface area contributed by atoms with Crippen molar-refractivity contribution in [1.82, 2.24) is 9.88 Å². The van der Waals surface area contributed by atoms with Crippen molar-refractivity contribution in [3.63, 3.8) is 0 Å². The smallest absolute Gasteiger partial charge is 0.233 e. The van der Waals surface area contributed by atoms with Gasteiger partial charge in [0, 0.05) is 6.20 Å². The van der Waals surface area contributed by atoms with E-state index in [4.69, 9.17) is 0 Å². The Morgan fingerprint density at radius 3 is 2.42 bits per heavy atom. The molecule has 4 nitrogen and oxygen atoms in total. The highest BCUT2D eigenvalue weighted by atomic mass is 16.3. The summed E-state index contributed by atoms with van der Waals surface area (Å²) in [6.45, 7) is 2.43. The average molecular weight is 352 g/mol. The summed E-state index contributed by atoms with van der Waals surface area (Å²) in [7, 11) is 0. The van der Waals surface area contributed by atoms with Gasteiger partial charge in [-0.05, 0) is 37.0 Å². The van der Waals surface area contributed by atoms with Crippen molar-refractivity contribution in [1.29, 1.82) is 0 Å². The number of pyridine rings is 1. The zero-order valence-electron chi connectivity index (χ0n) is 15.5. The van der Waals surface area contributed by atoms with Crippen molar-refractivity contribution >= 4 is 5.91 Å². The van der Waals surface area contributed by atoms with Gasteiger partial charge in [-0.25, -0.2) is 0 Å². The summed E-state index contributed by atoms with van der Waals surface area (Å²) in [5.41, 5.74) is 1.48. The van der Waals surface area contributed by atoms with E-state index in [-0.39, 0.29) is 18.6 Å². The van der Waals surface area contributed by atoms with Crippen LogP contribution < -0.4 is 0 Å². The van der Waals surface area contributed by atoms with Gasteiger partial charge in [-0.15, -0.1) is 0 Å². The highest BCUT2D eigenvalue weighted by Crippen LogP contribution is 2.43. The second-order valence-electron chi connectivity index (χ2n) is 7.15. The van der Waals surface area contributed by atoms with Crippen molar-refractivity contribution < 1.29 is 9.90 Å². The third-order valence-electron chi connectivity index (χ3n) is 5.63. The second kappa shape index (κ2) is 8.45. The summed E-state index contributed by atoms with van der Waals surface area (Å²) < 4.78 is 0. The van der Waals surface area contributed by atoms with Gasteiger partial charge >= 0.3 is 0 Å². The van der Waals surface area contributed by atoms with Crippen LogP contribution in [0, 0.1) is 0 Å². The van der Waals surface area contributed by atoms with Gasteiger partial charge in [0.15, 0.2) is 0 Å². The predicted molar refractivity (Wildman–Crippen MR) is 103 cm³/mol. The number of aliphatic hydroxyl groups is 1. The maximum absolute atomic E-state index is 13.8. The highest BCUT2D eigenvalue weighted by Gasteiger charge is 2.46. The Morgan fingerprint density at radius 1 is 1.15 bits per heavy atom. The van der Waals surface area contributed by atoms with Crippen molar-refractivity contribution in [2.24, 2.45) is 0 Å². The topological polar surface area (TPSA) is 53.4 Å². The van der Waals surface area contributed by atoms with E-state index >= 15 is 0 Å². The molecule has 1 atom stereocenters. The molecule has 1 aliphatic rings. The van der Waals surface area contributed by atoms with Gasteiger partial charge < -0.3 is 10.0 Å². The Bertz CT molecular complexity index is 693. The van der Waals surface area contributed by atoms with E-state index in [1.54, 1.807) is 6.20 Å². The maximum atomic E-state index is 13.8. The number of carbonyl (C=O) groups is 1. The summed E-state index contributed by atoms with van der Waals surface area (Å²) in [6.07, 6.45) is 6.34. The molecule has 138 valence electrons. The molecule has 1 unspecified atom stereocenters. The first-order chi connectivity index (χ1) is 12.7. The molecule has 1 fully saturated rings. The monoisotopic (exact) mass is 352 g/mol. The number of aromatic nitrogens is 1. The van der Waals surface area contributed by atoms with Crippen LogP contribution >= 0.6 is 0 Å². The van der Waals surface area contributed by atoms with Gasteiger partial charge in [0.1, 0.15) is 0 Å². The maximum Gasteiger partial charge on any atom is 0.233 e. The lowest BCUT2D eigenvalue weighted by Crippen LogP contribution is -2.50. The minimum absolute atomic E-state index is 0.0278. The third-order valence-corrected chi connectivity index (χ3v) is 5.63. The molecule has 1 aromatic carbocycles. The highest BCUT2D eigenvalue weighted by molar-refractivity contribution is 5.89. The lowest BCUT2D eigenvalue weighted by atomic mass is 9.77. The van der Waals surface area contributed by atoms with E-state index in [2.05, 4.69) is 17.1 Å². The van der Waals surface area contributed by atoms with Gasteiger partial charge in [-0.2, -0.15) is 0 Å². The molecule has 1 N–H and O–H groups in total. The van der Waals surface area contributed by atoms with Crippen molar-refractivity contribution in [2.75, 3.05) is 6.61 Å². The fourth-order valence-electron chi connectivity index (χ4n) is 4.12. The molecule has 4 heteroatoms. The van der Waals surface area contributed by atoms with Crippen molar-refractivity contribution in [3.05, 3.63) is 66.0 Å². The third kappa shape index (κ3) is 3.65. The van der Waals surface area contributed by atoms with Crippen LogP contribution in [-0.4, -0.2) is 33.5 Å². The molecule has 1 heterocycles. The number of benzene rings is 1. The zero-order valence-corrected chi connectivity index (χ0v) is 15.5.